The molecule has 0 atom stereocenters. The molecule has 164 valence electrons. The summed E-state index contributed by atoms with van der Waals surface area (Å²) in [4.78, 5) is 30.5. The van der Waals surface area contributed by atoms with Crippen LogP contribution in [0.4, 0.5) is 11.5 Å². The van der Waals surface area contributed by atoms with Crippen LogP contribution < -0.4 is 32.1 Å². The molecule has 0 spiro atoms. The number of nitrogens with zero attached hydrogens (tertiary/aromatic N) is 2. The number of unbranched alkanes of at least 4 members (excludes halogenated alkanes) is 1. The summed E-state index contributed by atoms with van der Waals surface area (Å²) in [6.45, 7) is 12.3. The van der Waals surface area contributed by atoms with E-state index in [-0.39, 0.29) is 17.4 Å². The molecule has 1 aromatic rings. The molecule has 5 N–H and O–H groups in total. The van der Waals surface area contributed by atoms with Crippen molar-refractivity contribution in [3.63, 3.8) is 0 Å². The van der Waals surface area contributed by atoms with Crippen LogP contribution in [0.1, 0.15) is 33.6 Å². The number of hydrogen-bond acceptors (Lipinski definition) is 5. The Morgan fingerprint density at radius 1 is 1.38 bits per heavy atom. The fourth-order valence-corrected chi connectivity index (χ4v) is 3.64. The van der Waals surface area contributed by atoms with E-state index >= 15 is 0 Å². The van der Waals surface area contributed by atoms with Gasteiger partial charge < -0.3 is 25.6 Å². The molecule has 0 unspecified atom stereocenters. The van der Waals surface area contributed by atoms with Crippen LogP contribution in [0, 0.1) is 5.92 Å². The maximum absolute atomic E-state index is 12.6. The third kappa shape index (κ3) is 6.55. The molecule has 1 fully saturated rings. The predicted octanol–water partition coefficient (Wildman–Crippen LogP) is -0.829. The minimum atomic E-state index is -0.510. The lowest BCUT2D eigenvalue weighted by atomic mass is 10.2. The second-order valence-corrected chi connectivity index (χ2v) is 8.23. The van der Waals surface area contributed by atoms with Gasteiger partial charge in [0.15, 0.2) is 10.8 Å². The summed E-state index contributed by atoms with van der Waals surface area (Å²) >= 11 is 5.61. The van der Waals surface area contributed by atoms with Crippen molar-refractivity contribution in [2.75, 3.05) is 56.6 Å². The Labute approximate surface area is 177 Å². The quantitative estimate of drug-likeness (QED) is 0.381. The molecule has 9 nitrogen and oxygen atoms in total. The number of thiocarbonyl (C=S) groups is 1. The molecule has 0 saturated carbocycles. The number of H-pyrrole nitrogens is 1. The summed E-state index contributed by atoms with van der Waals surface area (Å²) in [6, 6.07) is 0. The Kier molecular flexibility index (Phi) is 9.12. The van der Waals surface area contributed by atoms with Gasteiger partial charge in [0.1, 0.15) is 18.9 Å². The van der Waals surface area contributed by atoms with E-state index < -0.39 is 11.2 Å². The van der Waals surface area contributed by atoms with Gasteiger partial charge in [-0.3, -0.25) is 14.3 Å². The van der Waals surface area contributed by atoms with Gasteiger partial charge in [-0.2, -0.15) is 0 Å². The number of nitrogens with one attached hydrogen (secondary N) is 3. The fourth-order valence-electron chi connectivity index (χ4n) is 3.37. The first-order valence-electron chi connectivity index (χ1n) is 10.4. The SMILES string of the molecule is CCCCn1c(N)c(N(CC(C)C)C(=S)NCC[NH+]2CCOCC2)c(=O)[nH]c1=O. The van der Waals surface area contributed by atoms with Crippen LogP contribution in [0.2, 0.25) is 0 Å². The van der Waals surface area contributed by atoms with Gasteiger partial charge in [-0.15, -0.1) is 0 Å². The molecule has 29 heavy (non-hydrogen) atoms. The molecule has 2 rings (SSSR count). The number of anilines is 2. The van der Waals surface area contributed by atoms with Crippen molar-refractivity contribution in [1.29, 1.82) is 0 Å². The Morgan fingerprint density at radius 2 is 2.07 bits per heavy atom. The Hall–Kier alpha value is -1.91. The van der Waals surface area contributed by atoms with Gasteiger partial charge in [0, 0.05) is 13.1 Å². The van der Waals surface area contributed by atoms with Crippen molar-refractivity contribution in [3.05, 3.63) is 20.8 Å². The van der Waals surface area contributed by atoms with E-state index in [2.05, 4.69) is 10.3 Å². The Morgan fingerprint density at radius 3 is 2.69 bits per heavy atom. The summed E-state index contributed by atoms with van der Waals surface area (Å²) in [7, 11) is 0. The predicted molar refractivity (Wildman–Crippen MR) is 120 cm³/mol. The zero-order valence-corrected chi connectivity index (χ0v) is 18.6. The lowest BCUT2D eigenvalue weighted by Crippen LogP contribution is -3.14. The second-order valence-electron chi connectivity index (χ2n) is 7.85. The van der Waals surface area contributed by atoms with E-state index in [1.165, 1.54) is 9.47 Å². The van der Waals surface area contributed by atoms with Crippen molar-refractivity contribution >= 4 is 28.8 Å². The Balaban J connectivity index is 2.21. The minimum absolute atomic E-state index is 0.163. The topological polar surface area (TPSA) is 110 Å². The highest BCUT2D eigenvalue weighted by Gasteiger charge is 2.23. The number of rotatable bonds is 9. The zero-order chi connectivity index (χ0) is 21.4. The number of ether oxygens (including phenoxy) is 1. The second kappa shape index (κ2) is 11.3. The Bertz CT molecular complexity index is 785. The molecule has 0 bridgehead atoms. The first-order valence-corrected chi connectivity index (χ1v) is 10.8. The molecule has 10 heteroatoms. The first-order chi connectivity index (χ1) is 13.8. The van der Waals surface area contributed by atoms with Gasteiger partial charge in [-0.25, -0.2) is 4.79 Å². The van der Waals surface area contributed by atoms with Crippen LogP contribution in [0.25, 0.3) is 0 Å². The lowest BCUT2D eigenvalue weighted by Gasteiger charge is -2.29. The fraction of sp³-hybridized carbons (Fsp3) is 0.737. The zero-order valence-electron chi connectivity index (χ0n) is 17.8. The van der Waals surface area contributed by atoms with Crippen LogP contribution in [0.15, 0.2) is 9.59 Å². The molecule has 1 aromatic heterocycles. The van der Waals surface area contributed by atoms with Crippen molar-refractivity contribution in [2.24, 2.45) is 5.92 Å². The van der Waals surface area contributed by atoms with Crippen molar-refractivity contribution in [3.8, 4) is 0 Å². The van der Waals surface area contributed by atoms with E-state index in [4.69, 9.17) is 22.7 Å². The number of hydrogen-bond donors (Lipinski definition) is 4. The van der Waals surface area contributed by atoms with Gasteiger partial charge in [0.2, 0.25) is 0 Å². The van der Waals surface area contributed by atoms with Crippen LogP contribution in [0.5, 0.6) is 0 Å². The van der Waals surface area contributed by atoms with Crippen LogP contribution in [-0.4, -0.2) is 60.6 Å². The highest BCUT2D eigenvalue weighted by molar-refractivity contribution is 7.80. The summed E-state index contributed by atoms with van der Waals surface area (Å²) in [5, 5.41) is 3.71. The minimum Gasteiger partial charge on any atom is -0.383 e. The first kappa shape index (κ1) is 23.4. The van der Waals surface area contributed by atoms with E-state index in [9.17, 15) is 9.59 Å². The highest BCUT2D eigenvalue weighted by Crippen LogP contribution is 2.18. The summed E-state index contributed by atoms with van der Waals surface area (Å²) in [6.07, 6.45) is 1.71. The van der Waals surface area contributed by atoms with Crippen LogP contribution in [0.3, 0.4) is 0 Å². The maximum Gasteiger partial charge on any atom is 0.330 e. The number of aromatic nitrogens is 2. The average molecular weight is 428 g/mol. The normalized spacial score (nSPS) is 14.9. The molecule has 1 aliphatic heterocycles. The van der Waals surface area contributed by atoms with Gasteiger partial charge in [0.05, 0.1) is 26.3 Å². The molecule has 0 amide bonds. The van der Waals surface area contributed by atoms with E-state index in [1.807, 2.05) is 20.8 Å². The molecule has 0 radical (unpaired) electrons. The third-order valence-electron chi connectivity index (χ3n) is 4.97. The number of morpholine rings is 1. The van der Waals surface area contributed by atoms with Gasteiger partial charge >= 0.3 is 5.69 Å². The molecule has 1 aliphatic rings. The molecule has 0 aliphatic carbocycles. The third-order valence-corrected chi connectivity index (χ3v) is 5.33. The average Bonchev–Trinajstić information content (AvgIpc) is 2.67. The van der Waals surface area contributed by atoms with Crippen LogP contribution >= 0.6 is 12.2 Å². The van der Waals surface area contributed by atoms with Gasteiger partial charge in [-0.1, -0.05) is 27.2 Å². The van der Waals surface area contributed by atoms with E-state index in [0.29, 0.717) is 24.7 Å². The summed E-state index contributed by atoms with van der Waals surface area (Å²) in [5.41, 5.74) is 5.53. The number of nitrogen functional groups attached to an aromatic ring is 1. The summed E-state index contributed by atoms with van der Waals surface area (Å²) < 4.78 is 6.81. The van der Waals surface area contributed by atoms with E-state index in [0.717, 1.165) is 45.7 Å². The molecular weight excluding hydrogens is 392 g/mol. The molecular formula is C19H35N6O3S+. The summed E-state index contributed by atoms with van der Waals surface area (Å²) in [5.74, 6) is 0.408. The van der Waals surface area contributed by atoms with Gasteiger partial charge in [-0.05, 0) is 24.6 Å². The monoisotopic (exact) mass is 427 g/mol. The largest absolute Gasteiger partial charge is 0.383 e. The number of quaternary nitrogens is 1. The van der Waals surface area contributed by atoms with Crippen molar-refractivity contribution in [1.82, 2.24) is 14.9 Å². The smallest absolute Gasteiger partial charge is 0.330 e. The lowest BCUT2D eigenvalue weighted by molar-refractivity contribution is -0.906. The molecule has 2 heterocycles. The number of aromatic amines is 1. The van der Waals surface area contributed by atoms with E-state index in [1.54, 1.807) is 4.90 Å². The maximum atomic E-state index is 12.6. The molecule has 1 saturated heterocycles. The highest BCUT2D eigenvalue weighted by atomic mass is 32.1. The number of nitrogens with two attached hydrogens (primary N) is 1. The molecule has 0 aromatic carbocycles. The van der Waals surface area contributed by atoms with Crippen molar-refractivity contribution < 1.29 is 9.64 Å². The standard InChI is InChI=1S/C19H34N6O3S/c1-4-5-7-24-16(20)15(17(26)22-18(24)27)25(13-14(2)3)19(29)21-6-8-23-9-11-28-12-10-23/h14H,4-13,20H2,1-3H3,(H,21,29)(H,22,26,27)/p+1. The van der Waals surface area contributed by atoms with Gasteiger partial charge in [0.25, 0.3) is 5.56 Å². The van der Waals surface area contributed by atoms with Crippen LogP contribution in [-0.2, 0) is 11.3 Å². The van der Waals surface area contributed by atoms with Crippen molar-refractivity contribution in [2.45, 2.75) is 40.2 Å².